The molecule has 35 heavy (non-hydrogen) atoms. The average molecular weight is 461 g/mol. The Bertz CT molecular complexity index is 1240. The third kappa shape index (κ3) is 6.80. The number of aryl methyl sites for hydroxylation is 1. The predicted octanol–water partition coefficient (Wildman–Crippen LogP) is 8.43. The fraction of sp³-hybridized carbons (Fsp3) is 0.182. The van der Waals surface area contributed by atoms with Crippen LogP contribution in [0.2, 0.25) is 0 Å². The van der Waals surface area contributed by atoms with Crippen LogP contribution in [0.25, 0.3) is 11.1 Å². The maximum Gasteiger partial charge on any atom is 0.343 e. The molecule has 0 fully saturated rings. The zero-order chi connectivity index (χ0) is 24.5. The number of hydrogen-bond donors (Lipinski definition) is 0. The number of ether oxygens (including phenoxy) is 1. The minimum atomic E-state index is -0.344. The lowest BCUT2D eigenvalue weighted by Crippen LogP contribution is -2.08. The fourth-order valence-electron chi connectivity index (χ4n) is 4.19. The summed E-state index contributed by atoms with van der Waals surface area (Å²) in [5.74, 6) is 0.694. The summed E-state index contributed by atoms with van der Waals surface area (Å²) in [6.07, 6.45) is 7.21. The minimum absolute atomic E-state index is 0.344. The van der Waals surface area contributed by atoms with Crippen LogP contribution in [0.1, 0.15) is 53.2 Å². The summed E-state index contributed by atoms with van der Waals surface area (Å²) in [5.41, 5.74) is 6.66. The molecule has 0 unspecified atom stereocenters. The molecule has 4 aromatic carbocycles. The molecule has 0 spiro atoms. The SMILES string of the molecule is CC=CCCc1ccc(OC(=O)c2ccc(-c3ccc(C[C@H](C)c4ccccc4)cc3)cc2)cc1. The van der Waals surface area contributed by atoms with Gasteiger partial charge >= 0.3 is 5.97 Å². The Labute approximate surface area is 208 Å². The number of benzene rings is 4. The van der Waals surface area contributed by atoms with E-state index >= 15 is 0 Å². The van der Waals surface area contributed by atoms with Crippen LogP contribution in [0.15, 0.2) is 115 Å². The summed E-state index contributed by atoms with van der Waals surface area (Å²) >= 11 is 0. The van der Waals surface area contributed by atoms with Crippen LogP contribution in [0.3, 0.4) is 0 Å². The quantitative estimate of drug-likeness (QED) is 0.142. The summed E-state index contributed by atoms with van der Waals surface area (Å²) in [7, 11) is 0. The zero-order valence-corrected chi connectivity index (χ0v) is 20.5. The van der Waals surface area contributed by atoms with Crippen molar-refractivity contribution in [1.82, 2.24) is 0 Å². The van der Waals surface area contributed by atoms with Crippen LogP contribution in [-0.4, -0.2) is 5.97 Å². The first-order chi connectivity index (χ1) is 17.1. The molecule has 2 nitrogen and oxygen atoms in total. The molecular formula is C33H32O2. The Morgan fingerprint density at radius 1 is 0.771 bits per heavy atom. The first-order valence-electron chi connectivity index (χ1n) is 12.3. The molecule has 0 amide bonds. The highest BCUT2D eigenvalue weighted by Crippen LogP contribution is 2.24. The van der Waals surface area contributed by atoms with Crippen molar-refractivity contribution in [3.05, 3.63) is 138 Å². The minimum Gasteiger partial charge on any atom is -0.423 e. The summed E-state index contributed by atoms with van der Waals surface area (Å²) in [5, 5.41) is 0. The topological polar surface area (TPSA) is 26.3 Å². The number of carbonyl (C=O) groups is 1. The second-order valence-electron chi connectivity index (χ2n) is 8.93. The van der Waals surface area contributed by atoms with Gasteiger partial charge in [-0.3, -0.25) is 0 Å². The van der Waals surface area contributed by atoms with Gasteiger partial charge < -0.3 is 4.74 Å². The molecule has 0 radical (unpaired) electrons. The smallest absolute Gasteiger partial charge is 0.343 e. The maximum atomic E-state index is 12.6. The van der Waals surface area contributed by atoms with E-state index in [1.54, 1.807) is 0 Å². The van der Waals surface area contributed by atoms with Crippen LogP contribution in [0.4, 0.5) is 0 Å². The van der Waals surface area contributed by atoms with Crippen molar-refractivity contribution < 1.29 is 9.53 Å². The highest BCUT2D eigenvalue weighted by Gasteiger charge is 2.10. The second kappa shape index (κ2) is 12.0. The van der Waals surface area contributed by atoms with Crippen molar-refractivity contribution in [2.75, 3.05) is 0 Å². The molecule has 0 bridgehead atoms. The Kier molecular flexibility index (Phi) is 8.30. The molecule has 176 valence electrons. The number of carbonyl (C=O) groups excluding carboxylic acids is 1. The predicted molar refractivity (Wildman–Crippen MR) is 145 cm³/mol. The monoisotopic (exact) mass is 460 g/mol. The van der Waals surface area contributed by atoms with Gasteiger partial charge in [0.2, 0.25) is 0 Å². The molecule has 0 N–H and O–H groups in total. The lowest BCUT2D eigenvalue weighted by atomic mass is 9.93. The molecule has 4 aromatic rings. The van der Waals surface area contributed by atoms with Gasteiger partial charge in [0.05, 0.1) is 5.56 Å². The van der Waals surface area contributed by atoms with E-state index in [4.69, 9.17) is 4.74 Å². The van der Waals surface area contributed by atoms with E-state index in [9.17, 15) is 4.79 Å². The number of rotatable bonds is 9. The average Bonchev–Trinajstić information content (AvgIpc) is 2.91. The molecule has 4 rings (SSSR count). The number of esters is 1. The van der Waals surface area contributed by atoms with Gasteiger partial charge in [-0.2, -0.15) is 0 Å². The van der Waals surface area contributed by atoms with E-state index in [1.165, 1.54) is 16.7 Å². The summed E-state index contributed by atoms with van der Waals surface area (Å²) < 4.78 is 5.56. The highest BCUT2D eigenvalue weighted by molar-refractivity contribution is 5.91. The van der Waals surface area contributed by atoms with Crippen molar-refractivity contribution in [3.63, 3.8) is 0 Å². The summed E-state index contributed by atoms with van der Waals surface area (Å²) in [6.45, 7) is 4.29. The van der Waals surface area contributed by atoms with E-state index in [2.05, 4.69) is 73.7 Å². The first kappa shape index (κ1) is 24.2. The van der Waals surface area contributed by atoms with Crippen molar-refractivity contribution >= 4 is 5.97 Å². The molecule has 0 aliphatic heterocycles. The number of allylic oxidation sites excluding steroid dienone is 2. The van der Waals surface area contributed by atoms with Crippen molar-refractivity contribution in [3.8, 4) is 16.9 Å². The third-order valence-electron chi connectivity index (χ3n) is 6.29. The molecule has 0 saturated heterocycles. The maximum absolute atomic E-state index is 12.6. The van der Waals surface area contributed by atoms with E-state index < -0.39 is 0 Å². The molecule has 0 heterocycles. The van der Waals surface area contributed by atoms with Gasteiger partial charge in [-0.25, -0.2) is 4.79 Å². The van der Waals surface area contributed by atoms with Crippen molar-refractivity contribution in [2.24, 2.45) is 0 Å². The fourth-order valence-corrected chi connectivity index (χ4v) is 4.19. The van der Waals surface area contributed by atoms with Gasteiger partial charge in [0.1, 0.15) is 5.75 Å². The van der Waals surface area contributed by atoms with Gasteiger partial charge in [-0.1, -0.05) is 97.9 Å². The lowest BCUT2D eigenvalue weighted by molar-refractivity contribution is 0.0734. The van der Waals surface area contributed by atoms with Gasteiger partial charge in [0, 0.05) is 0 Å². The summed E-state index contributed by atoms with van der Waals surface area (Å²) in [4.78, 5) is 12.6. The first-order valence-corrected chi connectivity index (χ1v) is 12.3. The van der Waals surface area contributed by atoms with E-state index in [1.807, 2.05) is 55.5 Å². The molecule has 0 aromatic heterocycles. The van der Waals surface area contributed by atoms with Crippen LogP contribution < -0.4 is 4.74 Å². The van der Waals surface area contributed by atoms with Crippen molar-refractivity contribution in [1.29, 1.82) is 0 Å². The van der Waals surface area contributed by atoms with Crippen LogP contribution in [0.5, 0.6) is 5.75 Å². The molecular weight excluding hydrogens is 428 g/mol. The standard InChI is InChI=1S/C33H32O2/c1-3-4-6-9-26-14-22-32(23-15-26)35-33(34)31-20-18-30(19-21-31)29-16-12-27(13-17-29)24-25(2)28-10-7-5-8-11-28/h3-5,7-8,10-23,25H,6,9,24H2,1-2H3/t25-/m0/s1. The van der Waals surface area contributed by atoms with Gasteiger partial charge in [0.25, 0.3) is 0 Å². The van der Waals surface area contributed by atoms with Gasteiger partial charge in [-0.05, 0) is 84.2 Å². The highest BCUT2D eigenvalue weighted by atomic mass is 16.5. The Hall–Kier alpha value is -3.91. The Morgan fingerprint density at radius 2 is 1.37 bits per heavy atom. The Balaban J connectivity index is 1.34. The van der Waals surface area contributed by atoms with Crippen LogP contribution >= 0.6 is 0 Å². The molecule has 2 heteroatoms. The van der Waals surface area contributed by atoms with E-state index in [-0.39, 0.29) is 5.97 Å². The Morgan fingerprint density at radius 3 is 2.00 bits per heavy atom. The van der Waals surface area contributed by atoms with E-state index in [0.29, 0.717) is 17.2 Å². The molecule has 1 atom stereocenters. The molecule has 0 aliphatic rings. The third-order valence-corrected chi connectivity index (χ3v) is 6.29. The lowest BCUT2D eigenvalue weighted by Gasteiger charge is -2.12. The van der Waals surface area contributed by atoms with Gasteiger partial charge in [0.15, 0.2) is 0 Å². The van der Waals surface area contributed by atoms with Crippen LogP contribution in [0, 0.1) is 0 Å². The normalized spacial score (nSPS) is 11.9. The zero-order valence-electron chi connectivity index (χ0n) is 20.5. The molecule has 0 aliphatic carbocycles. The molecule has 0 saturated carbocycles. The number of hydrogen-bond acceptors (Lipinski definition) is 2. The largest absolute Gasteiger partial charge is 0.423 e. The summed E-state index contributed by atoms with van der Waals surface area (Å²) in [6, 6.07) is 34.7. The second-order valence-corrected chi connectivity index (χ2v) is 8.93. The van der Waals surface area contributed by atoms with Crippen LogP contribution in [-0.2, 0) is 12.8 Å². The van der Waals surface area contributed by atoms with Crippen molar-refractivity contribution in [2.45, 2.75) is 39.0 Å². The van der Waals surface area contributed by atoms with E-state index in [0.717, 1.165) is 30.4 Å². The van der Waals surface area contributed by atoms with Gasteiger partial charge in [-0.15, -0.1) is 0 Å².